The van der Waals surface area contributed by atoms with Crippen molar-refractivity contribution in [2.75, 3.05) is 0 Å². The third-order valence-corrected chi connectivity index (χ3v) is 2.95. The van der Waals surface area contributed by atoms with E-state index in [1.54, 1.807) is 0 Å². The Morgan fingerprint density at radius 1 is 1.40 bits per heavy atom. The lowest BCUT2D eigenvalue weighted by atomic mass is 9.82. The van der Waals surface area contributed by atoms with E-state index in [0.717, 1.165) is 0 Å². The SMILES string of the molecule is CCCC1(C(C)(C)N)CC1. The molecule has 60 valence electrons. The van der Waals surface area contributed by atoms with Gasteiger partial charge in [-0.2, -0.15) is 0 Å². The van der Waals surface area contributed by atoms with Crippen molar-refractivity contribution in [2.45, 2.75) is 52.0 Å². The molecule has 0 aromatic carbocycles. The summed E-state index contributed by atoms with van der Waals surface area (Å²) in [7, 11) is 0. The van der Waals surface area contributed by atoms with Gasteiger partial charge in [0.15, 0.2) is 0 Å². The van der Waals surface area contributed by atoms with Gasteiger partial charge in [-0.15, -0.1) is 0 Å². The van der Waals surface area contributed by atoms with Crippen LogP contribution < -0.4 is 5.73 Å². The molecule has 0 atom stereocenters. The number of rotatable bonds is 3. The van der Waals surface area contributed by atoms with Crippen LogP contribution in [-0.2, 0) is 0 Å². The van der Waals surface area contributed by atoms with Crippen molar-refractivity contribution in [2.24, 2.45) is 11.1 Å². The molecule has 0 aromatic heterocycles. The van der Waals surface area contributed by atoms with E-state index in [0.29, 0.717) is 5.41 Å². The van der Waals surface area contributed by atoms with Crippen LogP contribution in [0.3, 0.4) is 0 Å². The van der Waals surface area contributed by atoms with Crippen molar-refractivity contribution >= 4 is 0 Å². The summed E-state index contributed by atoms with van der Waals surface area (Å²) in [5.41, 5.74) is 6.64. The summed E-state index contributed by atoms with van der Waals surface area (Å²) >= 11 is 0. The first kappa shape index (κ1) is 8.06. The predicted octanol–water partition coefficient (Wildman–Crippen LogP) is 2.30. The van der Waals surface area contributed by atoms with Crippen LogP contribution in [0, 0.1) is 5.41 Å². The average molecular weight is 141 g/mol. The van der Waals surface area contributed by atoms with Gasteiger partial charge in [0.05, 0.1) is 0 Å². The second-order valence-corrected chi connectivity index (χ2v) is 4.25. The summed E-state index contributed by atoms with van der Waals surface area (Å²) in [6.45, 7) is 6.57. The Kier molecular flexibility index (Phi) is 1.80. The third kappa shape index (κ3) is 1.20. The van der Waals surface area contributed by atoms with Crippen LogP contribution in [0.15, 0.2) is 0 Å². The van der Waals surface area contributed by atoms with Crippen molar-refractivity contribution in [1.82, 2.24) is 0 Å². The zero-order valence-electron chi connectivity index (χ0n) is 7.41. The van der Waals surface area contributed by atoms with Gasteiger partial charge in [-0.25, -0.2) is 0 Å². The molecule has 1 aliphatic carbocycles. The van der Waals surface area contributed by atoms with E-state index in [-0.39, 0.29) is 5.54 Å². The fourth-order valence-electron chi connectivity index (χ4n) is 1.85. The molecular weight excluding hydrogens is 122 g/mol. The van der Waals surface area contributed by atoms with Crippen LogP contribution in [0.5, 0.6) is 0 Å². The molecule has 0 bridgehead atoms. The first-order chi connectivity index (χ1) is 4.52. The maximum Gasteiger partial charge on any atom is 0.0154 e. The maximum absolute atomic E-state index is 6.06. The van der Waals surface area contributed by atoms with Crippen LogP contribution in [0.1, 0.15) is 46.5 Å². The zero-order chi connectivity index (χ0) is 7.83. The molecule has 10 heavy (non-hydrogen) atoms. The van der Waals surface area contributed by atoms with Crippen LogP contribution in [0.2, 0.25) is 0 Å². The van der Waals surface area contributed by atoms with Gasteiger partial charge in [0.25, 0.3) is 0 Å². The molecule has 0 amide bonds. The molecule has 1 saturated carbocycles. The van der Waals surface area contributed by atoms with Gasteiger partial charge in [-0.05, 0) is 38.5 Å². The van der Waals surface area contributed by atoms with Crippen molar-refractivity contribution in [3.8, 4) is 0 Å². The Morgan fingerprint density at radius 3 is 2.00 bits per heavy atom. The van der Waals surface area contributed by atoms with E-state index in [2.05, 4.69) is 20.8 Å². The molecule has 0 spiro atoms. The molecule has 1 rings (SSSR count). The Labute approximate surface area is 64.0 Å². The van der Waals surface area contributed by atoms with Crippen LogP contribution in [0.4, 0.5) is 0 Å². The number of hydrogen-bond donors (Lipinski definition) is 1. The molecule has 0 aliphatic heterocycles. The lowest BCUT2D eigenvalue weighted by molar-refractivity contribution is 0.273. The third-order valence-electron chi connectivity index (χ3n) is 2.95. The second kappa shape index (κ2) is 2.23. The molecule has 1 nitrogen and oxygen atoms in total. The van der Waals surface area contributed by atoms with Crippen LogP contribution >= 0.6 is 0 Å². The van der Waals surface area contributed by atoms with Gasteiger partial charge in [0.1, 0.15) is 0 Å². The molecule has 2 N–H and O–H groups in total. The molecule has 0 radical (unpaired) electrons. The standard InChI is InChI=1S/C9H19N/c1-4-5-9(6-7-9)8(2,3)10/h4-7,10H2,1-3H3. The number of hydrogen-bond acceptors (Lipinski definition) is 1. The minimum absolute atomic E-state index is 0.0585. The highest BCUT2D eigenvalue weighted by Gasteiger charge is 2.51. The van der Waals surface area contributed by atoms with Gasteiger partial charge >= 0.3 is 0 Å². The minimum atomic E-state index is 0.0585. The highest BCUT2D eigenvalue weighted by Crippen LogP contribution is 2.56. The van der Waals surface area contributed by atoms with E-state index in [1.807, 2.05) is 0 Å². The van der Waals surface area contributed by atoms with Gasteiger partial charge in [-0.3, -0.25) is 0 Å². The van der Waals surface area contributed by atoms with E-state index in [1.165, 1.54) is 25.7 Å². The van der Waals surface area contributed by atoms with Gasteiger partial charge < -0.3 is 5.73 Å². The van der Waals surface area contributed by atoms with Crippen molar-refractivity contribution in [3.63, 3.8) is 0 Å². The fourth-order valence-corrected chi connectivity index (χ4v) is 1.85. The quantitative estimate of drug-likeness (QED) is 0.641. The molecule has 0 unspecified atom stereocenters. The Hall–Kier alpha value is -0.0400. The zero-order valence-corrected chi connectivity index (χ0v) is 7.41. The molecular formula is C9H19N. The summed E-state index contributed by atoms with van der Waals surface area (Å²) in [5, 5.41) is 0. The van der Waals surface area contributed by atoms with E-state index >= 15 is 0 Å². The Balaban J connectivity index is 2.52. The fraction of sp³-hybridized carbons (Fsp3) is 1.00. The largest absolute Gasteiger partial charge is 0.325 e. The first-order valence-electron chi connectivity index (χ1n) is 4.31. The summed E-state index contributed by atoms with van der Waals surface area (Å²) in [6.07, 6.45) is 5.30. The first-order valence-corrected chi connectivity index (χ1v) is 4.31. The topological polar surface area (TPSA) is 26.0 Å². The molecule has 1 heteroatoms. The van der Waals surface area contributed by atoms with Gasteiger partial charge in [0.2, 0.25) is 0 Å². The maximum atomic E-state index is 6.06. The van der Waals surface area contributed by atoms with Gasteiger partial charge in [-0.1, -0.05) is 13.3 Å². The van der Waals surface area contributed by atoms with Crippen LogP contribution in [0.25, 0.3) is 0 Å². The summed E-state index contributed by atoms with van der Waals surface area (Å²) in [4.78, 5) is 0. The summed E-state index contributed by atoms with van der Waals surface area (Å²) < 4.78 is 0. The van der Waals surface area contributed by atoms with Crippen molar-refractivity contribution in [1.29, 1.82) is 0 Å². The van der Waals surface area contributed by atoms with Crippen LogP contribution in [-0.4, -0.2) is 5.54 Å². The summed E-state index contributed by atoms with van der Waals surface area (Å²) in [5.74, 6) is 0. The molecule has 1 fully saturated rings. The molecule has 1 aliphatic rings. The van der Waals surface area contributed by atoms with Crippen molar-refractivity contribution in [3.05, 3.63) is 0 Å². The predicted molar refractivity (Wildman–Crippen MR) is 44.8 cm³/mol. The van der Waals surface area contributed by atoms with E-state index in [9.17, 15) is 0 Å². The highest BCUT2D eigenvalue weighted by molar-refractivity contribution is 5.06. The highest BCUT2D eigenvalue weighted by atomic mass is 14.8. The minimum Gasteiger partial charge on any atom is -0.325 e. The molecule has 0 aromatic rings. The lowest BCUT2D eigenvalue weighted by Crippen LogP contribution is -2.42. The number of nitrogens with two attached hydrogens (primary N) is 1. The summed E-state index contributed by atoms with van der Waals surface area (Å²) in [6, 6.07) is 0. The molecule has 0 heterocycles. The average Bonchev–Trinajstić information content (AvgIpc) is 2.45. The van der Waals surface area contributed by atoms with Gasteiger partial charge in [0, 0.05) is 5.54 Å². The molecule has 0 saturated heterocycles. The monoisotopic (exact) mass is 141 g/mol. The second-order valence-electron chi connectivity index (χ2n) is 4.25. The van der Waals surface area contributed by atoms with E-state index in [4.69, 9.17) is 5.73 Å². The smallest absolute Gasteiger partial charge is 0.0154 e. The van der Waals surface area contributed by atoms with E-state index < -0.39 is 0 Å². The lowest BCUT2D eigenvalue weighted by Gasteiger charge is -2.30. The Morgan fingerprint density at radius 2 is 1.90 bits per heavy atom. The normalized spacial score (nSPS) is 22.8. The Bertz CT molecular complexity index is 117. The van der Waals surface area contributed by atoms with Crippen molar-refractivity contribution < 1.29 is 0 Å².